The van der Waals surface area contributed by atoms with Gasteiger partial charge in [-0.3, -0.25) is 14.9 Å². The summed E-state index contributed by atoms with van der Waals surface area (Å²) in [7, 11) is 0. The molecule has 7 nitrogen and oxygen atoms in total. The molecule has 1 amide bonds. The summed E-state index contributed by atoms with van der Waals surface area (Å²) < 4.78 is 4.97. The molecule has 2 rings (SSSR count). The number of nitro groups is 1. The number of rotatable bonds is 8. The molecule has 2 aromatic rings. The Hall–Kier alpha value is -2.87. The summed E-state index contributed by atoms with van der Waals surface area (Å²) in [5, 5.41) is 13.4. The minimum Gasteiger partial charge on any atom is -0.462 e. The van der Waals surface area contributed by atoms with Gasteiger partial charge in [0.1, 0.15) is 0 Å². The molecule has 0 saturated carbocycles. The number of aryl methyl sites for hydroxylation is 1. The van der Waals surface area contributed by atoms with Crippen LogP contribution in [0.2, 0.25) is 0 Å². The summed E-state index contributed by atoms with van der Waals surface area (Å²) in [6.07, 6.45) is 0. The molecule has 0 bridgehead atoms. The number of carbonyl (C=O) groups excluding carboxylic acids is 2. The van der Waals surface area contributed by atoms with Crippen molar-refractivity contribution in [1.82, 2.24) is 0 Å². The Morgan fingerprint density at radius 3 is 2.52 bits per heavy atom. The van der Waals surface area contributed by atoms with Crippen molar-refractivity contribution in [3.63, 3.8) is 0 Å². The summed E-state index contributed by atoms with van der Waals surface area (Å²) in [4.78, 5) is 34.2. The van der Waals surface area contributed by atoms with Gasteiger partial charge < -0.3 is 10.1 Å². The lowest BCUT2D eigenvalue weighted by molar-refractivity contribution is -0.384. The lowest BCUT2D eigenvalue weighted by Gasteiger charge is -2.10. The molecule has 0 fully saturated rings. The van der Waals surface area contributed by atoms with Crippen LogP contribution in [0, 0.1) is 17.0 Å². The van der Waals surface area contributed by atoms with E-state index in [1.165, 1.54) is 23.9 Å². The summed E-state index contributed by atoms with van der Waals surface area (Å²) in [6, 6.07) is 11.3. The molecule has 0 aliphatic heterocycles. The topological polar surface area (TPSA) is 98.5 Å². The van der Waals surface area contributed by atoms with Crippen molar-refractivity contribution in [2.24, 2.45) is 0 Å². The van der Waals surface area contributed by atoms with Crippen LogP contribution in [0.25, 0.3) is 0 Å². The number of amides is 1. The molecule has 0 radical (unpaired) electrons. The molecule has 27 heavy (non-hydrogen) atoms. The molecule has 0 aliphatic carbocycles. The van der Waals surface area contributed by atoms with Gasteiger partial charge in [-0.15, -0.1) is 11.8 Å². The van der Waals surface area contributed by atoms with Gasteiger partial charge in [0.05, 0.1) is 22.8 Å². The van der Waals surface area contributed by atoms with Crippen LogP contribution < -0.4 is 5.32 Å². The second-order valence-corrected chi connectivity index (χ2v) is 6.70. The van der Waals surface area contributed by atoms with E-state index in [1.54, 1.807) is 37.3 Å². The Kier molecular flexibility index (Phi) is 7.36. The first-order valence-electron chi connectivity index (χ1n) is 8.29. The van der Waals surface area contributed by atoms with Gasteiger partial charge in [-0.2, -0.15) is 0 Å². The van der Waals surface area contributed by atoms with E-state index in [1.807, 2.05) is 6.92 Å². The largest absolute Gasteiger partial charge is 0.462 e. The molecular formula is C19H20N2O5S. The van der Waals surface area contributed by atoms with Crippen molar-refractivity contribution in [2.45, 2.75) is 19.6 Å². The summed E-state index contributed by atoms with van der Waals surface area (Å²) in [5.74, 6) is 0.166. The van der Waals surface area contributed by atoms with Gasteiger partial charge in [-0.05, 0) is 37.1 Å². The predicted molar refractivity (Wildman–Crippen MR) is 105 cm³/mol. The molecule has 1 N–H and O–H groups in total. The van der Waals surface area contributed by atoms with E-state index in [0.717, 1.165) is 11.1 Å². The van der Waals surface area contributed by atoms with E-state index in [0.29, 0.717) is 17.0 Å². The Balaban J connectivity index is 1.89. The summed E-state index contributed by atoms with van der Waals surface area (Å²) in [6.45, 7) is 3.86. The Labute approximate surface area is 161 Å². The maximum atomic E-state index is 12.2. The van der Waals surface area contributed by atoms with Crippen LogP contribution in [0.4, 0.5) is 11.4 Å². The molecule has 2 aromatic carbocycles. The second-order valence-electron chi connectivity index (χ2n) is 5.71. The van der Waals surface area contributed by atoms with Crippen molar-refractivity contribution < 1.29 is 19.2 Å². The predicted octanol–water partition coefficient (Wildman–Crippen LogP) is 3.95. The van der Waals surface area contributed by atoms with Gasteiger partial charge in [-0.25, -0.2) is 4.79 Å². The van der Waals surface area contributed by atoms with Gasteiger partial charge in [0.25, 0.3) is 5.69 Å². The zero-order chi connectivity index (χ0) is 19.8. The van der Waals surface area contributed by atoms with Crippen LogP contribution in [-0.2, 0) is 15.3 Å². The monoisotopic (exact) mass is 388 g/mol. The second kappa shape index (κ2) is 9.72. The normalized spacial score (nSPS) is 10.3. The lowest BCUT2D eigenvalue weighted by atomic mass is 10.1. The molecule has 0 heterocycles. The van der Waals surface area contributed by atoms with Crippen LogP contribution in [-0.4, -0.2) is 29.2 Å². The van der Waals surface area contributed by atoms with E-state index in [4.69, 9.17) is 4.74 Å². The van der Waals surface area contributed by atoms with Crippen molar-refractivity contribution in [1.29, 1.82) is 0 Å². The average molecular weight is 388 g/mol. The number of thioether (sulfide) groups is 1. The number of anilines is 1. The first kappa shape index (κ1) is 20.4. The van der Waals surface area contributed by atoms with Crippen LogP contribution in [0.1, 0.15) is 28.4 Å². The zero-order valence-corrected chi connectivity index (χ0v) is 15.9. The van der Waals surface area contributed by atoms with Crippen molar-refractivity contribution >= 4 is 35.0 Å². The van der Waals surface area contributed by atoms with Gasteiger partial charge >= 0.3 is 5.97 Å². The molecule has 0 aliphatic rings. The Bertz CT molecular complexity index is 836. The number of non-ortho nitro benzene ring substituents is 1. The smallest absolute Gasteiger partial charge is 0.338 e. The molecular weight excluding hydrogens is 368 g/mol. The fraction of sp³-hybridized carbons (Fsp3) is 0.263. The molecule has 0 spiro atoms. The van der Waals surface area contributed by atoms with Crippen LogP contribution >= 0.6 is 11.8 Å². The molecule has 0 saturated heterocycles. The molecule has 8 heteroatoms. The summed E-state index contributed by atoms with van der Waals surface area (Å²) in [5.41, 5.74) is 2.74. The highest BCUT2D eigenvalue weighted by Gasteiger charge is 2.11. The molecule has 0 unspecified atom stereocenters. The molecule has 0 atom stereocenters. The van der Waals surface area contributed by atoms with Gasteiger partial charge in [0, 0.05) is 23.6 Å². The third kappa shape index (κ3) is 6.10. The lowest BCUT2D eigenvalue weighted by Crippen LogP contribution is -2.16. The Morgan fingerprint density at radius 2 is 1.89 bits per heavy atom. The van der Waals surface area contributed by atoms with Gasteiger partial charge in [0.15, 0.2) is 0 Å². The maximum Gasteiger partial charge on any atom is 0.338 e. The molecule has 0 aromatic heterocycles. The number of hydrogen-bond acceptors (Lipinski definition) is 6. The number of carbonyl (C=O) groups is 2. The van der Waals surface area contributed by atoms with Crippen molar-refractivity contribution in [2.75, 3.05) is 17.7 Å². The highest BCUT2D eigenvalue weighted by atomic mass is 32.2. The highest BCUT2D eigenvalue weighted by Crippen LogP contribution is 2.20. The quantitative estimate of drug-likeness (QED) is 0.418. The summed E-state index contributed by atoms with van der Waals surface area (Å²) >= 11 is 1.40. The zero-order valence-electron chi connectivity index (χ0n) is 15.1. The van der Waals surface area contributed by atoms with E-state index >= 15 is 0 Å². The van der Waals surface area contributed by atoms with Gasteiger partial charge in [-0.1, -0.05) is 18.2 Å². The molecule has 142 valence electrons. The average Bonchev–Trinajstić information content (AvgIpc) is 2.64. The number of benzene rings is 2. The first-order valence-corrected chi connectivity index (χ1v) is 9.45. The van der Waals surface area contributed by atoms with E-state index in [9.17, 15) is 19.7 Å². The standard InChI is InChI=1S/C19H20N2O5S/c1-3-26-19(23)15-7-4-13(2)17(10-15)20-18(22)12-27-11-14-5-8-16(9-6-14)21(24)25/h4-10H,3,11-12H2,1-2H3,(H,20,22). The van der Waals surface area contributed by atoms with Crippen molar-refractivity contribution in [3.8, 4) is 0 Å². The Morgan fingerprint density at radius 1 is 1.19 bits per heavy atom. The minimum absolute atomic E-state index is 0.0402. The third-order valence-electron chi connectivity index (χ3n) is 3.67. The van der Waals surface area contributed by atoms with E-state index in [2.05, 4.69) is 5.32 Å². The number of hydrogen-bond donors (Lipinski definition) is 1. The number of nitro benzene ring substituents is 1. The van der Waals surface area contributed by atoms with Crippen molar-refractivity contribution in [3.05, 3.63) is 69.3 Å². The fourth-order valence-corrected chi connectivity index (χ4v) is 3.05. The minimum atomic E-state index is -0.447. The van der Waals surface area contributed by atoms with E-state index < -0.39 is 10.9 Å². The maximum absolute atomic E-state index is 12.2. The number of nitrogens with zero attached hydrogens (tertiary/aromatic N) is 1. The first-order chi connectivity index (χ1) is 12.9. The number of nitrogens with one attached hydrogen (secondary N) is 1. The van der Waals surface area contributed by atoms with E-state index in [-0.39, 0.29) is 24.0 Å². The van der Waals surface area contributed by atoms with Gasteiger partial charge in [0.2, 0.25) is 5.91 Å². The fourth-order valence-electron chi connectivity index (χ4n) is 2.26. The number of esters is 1. The highest BCUT2D eigenvalue weighted by molar-refractivity contribution is 7.99. The van der Waals surface area contributed by atoms with Crippen LogP contribution in [0.3, 0.4) is 0 Å². The van der Waals surface area contributed by atoms with Crippen LogP contribution in [0.5, 0.6) is 0 Å². The third-order valence-corrected chi connectivity index (χ3v) is 4.68. The number of ether oxygens (including phenoxy) is 1. The SMILES string of the molecule is CCOC(=O)c1ccc(C)c(NC(=O)CSCc2ccc([N+](=O)[O-])cc2)c1. The van der Waals surface area contributed by atoms with Crippen LogP contribution in [0.15, 0.2) is 42.5 Å².